The van der Waals surface area contributed by atoms with Crippen molar-refractivity contribution in [3.63, 3.8) is 0 Å². The molecule has 1 N–H and O–H groups in total. The van der Waals surface area contributed by atoms with E-state index in [0.717, 1.165) is 37.8 Å². The third-order valence-corrected chi connectivity index (χ3v) is 4.97. The number of thiophene rings is 1. The minimum Gasteiger partial charge on any atom is -0.388 e. The van der Waals surface area contributed by atoms with Crippen molar-refractivity contribution in [3.05, 3.63) is 45.4 Å². The van der Waals surface area contributed by atoms with E-state index in [1.165, 1.54) is 15.4 Å². The fourth-order valence-electron chi connectivity index (χ4n) is 2.75. The van der Waals surface area contributed by atoms with Gasteiger partial charge in [0, 0.05) is 27.2 Å². The number of nitrogens with zero attached hydrogens (tertiary/aromatic N) is 1. The van der Waals surface area contributed by atoms with E-state index in [-0.39, 0.29) is 6.10 Å². The molecule has 0 radical (unpaired) electrons. The Bertz CT molecular complexity index is 540. The topological polar surface area (TPSA) is 25.2 Å². The summed E-state index contributed by atoms with van der Waals surface area (Å²) in [6.45, 7) is 3.15. The summed E-state index contributed by atoms with van der Waals surface area (Å²) in [6.07, 6.45) is 6.12. The van der Waals surface area contributed by atoms with Crippen LogP contribution in [-0.4, -0.2) is 9.67 Å². The van der Waals surface area contributed by atoms with E-state index >= 15 is 0 Å². The highest BCUT2D eigenvalue weighted by Gasteiger charge is 2.21. The Morgan fingerprint density at radius 2 is 2.17 bits per heavy atom. The summed E-state index contributed by atoms with van der Waals surface area (Å²) >= 11 is 1.90. The second-order valence-corrected chi connectivity index (χ2v) is 6.23. The standard InChI is InChI=1S/C15H19NOS/c1-2-11-6-7-12(18-11)10-16-9-8-13-14(16)4-3-5-15(13)17/h6-9,15,17H,2-5,10H2,1H3. The quantitative estimate of drug-likeness (QED) is 0.898. The zero-order chi connectivity index (χ0) is 12.5. The van der Waals surface area contributed by atoms with Crippen LogP contribution in [-0.2, 0) is 19.4 Å². The van der Waals surface area contributed by atoms with Crippen LogP contribution in [0.4, 0.5) is 0 Å². The summed E-state index contributed by atoms with van der Waals surface area (Å²) in [5, 5.41) is 9.97. The largest absolute Gasteiger partial charge is 0.388 e. The van der Waals surface area contributed by atoms with Crippen molar-refractivity contribution in [1.82, 2.24) is 4.57 Å². The first-order chi connectivity index (χ1) is 8.78. The maximum absolute atomic E-state index is 9.97. The highest BCUT2D eigenvalue weighted by atomic mass is 32.1. The van der Waals surface area contributed by atoms with Crippen LogP contribution in [0.5, 0.6) is 0 Å². The van der Waals surface area contributed by atoms with E-state index in [2.05, 4.69) is 35.9 Å². The van der Waals surface area contributed by atoms with Gasteiger partial charge in [-0.2, -0.15) is 0 Å². The Morgan fingerprint density at radius 1 is 1.33 bits per heavy atom. The van der Waals surface area contributed by atoms with E-state index in [1.807, 2.05) is 11.3 Å². The van der Waals surface area contributed by atoms with Gasteiger partial charge in [0.15, 0.2) is 0 Å². The van der Waals surface area contributed by atoms with Crippen LogP contribution in [0.3, 0.4) is 0 Å². The van der Waals surface area contributed by atoms with Crippen LogP contribution < -0.4 is 0 Å². The fraction of sp³-hybridized carbons (Fsp3) is 0.467. The molecule has 0 bridgehead atoms. The van der Waals surface area contributed by atoms with Gasteiger partial charge >= 0.3 is 0 Å². The Hall–Kier alpha value is -1.06. The number of aliphatic hydroxyl groups excluding tert-OH is 1. The molecule has 2 aromatic heterocycles. The molecule has 2 aromatic rings. The van der Waals surface area contributed by atoms with Crippen LogP contribution in [0.2, 0.25) is 0 Å². The second-order valence-electron chi connectivity index (χ2n) is 4.98. The lowest BCUT2D eigenvalue weighted by molar-refractivity contribution is 0.156. The number of rotatable bonds is 3. The van der Waals surface area contributed by atoms with Crippen molar-refractivity contribution >= 4 is 11.3 Å². The van der Waals surface area contributed by atoms with E-state index < -0.39 is 0 Å². The molecule has 0 saturated heterocycles. The third kappa shape index (κ3) is 2.13. The van der Waals surface area contributed by atoms with Gasteiger partial charge in [0.1, 0.15) is 0 Å². The molecule has 0 fully saturated rings. The van der Waals surface area contributed by atoms with Gasteiger partial charge in [-0.25, -0.2) is 0 Å². The molecule has 18 heavy (non-hydrogen) atoms. The first-order valence-electron chi connectivity index (χ1n) is 6.71. The van der Waals surface area contributed by atoms with E-state index in [9.17, 15) is 5.11 Å². The molecule has 1 atom stereocenters. The highest BCUT2D eigenvalue weighted by Crippen LogP contribution is 2.31. The molecule has 3 heteroatoms. The van der Waals surface area contributed by atoms with Crippen LogP contribution in [0.25, 0.3) is 0 Å². The molecule has 0 spiro atoms. The SMILES string of the molecule is CCc1ccc(Cn2ccc3c2CCCC3O)s1. The molecule has 3 rings (SSSR count). The summed E-state index contributed by atoms with van der Waals surface area (Å²) in [5.41, 5.74) is 2.48. The van der Waals surface area contributed by atoms with Gasteiger partial charge in [-0.3, -0.25) is 0 Å². The molecule has 1 aliphatic carbocycles. The van der Waals surface area contributed by atoms with E-state index in [1.54, 1.807) is 0 Å². The molecule has 0 aliphatic heterocycles. The third-order valence-electron chi connectivity index (χ3n) is 3.76. The summed E-state index contributed by atoms with van der Waals surface area (Å²) in [6, 6.07) is 6.55. The number of hydrogen-bond acceptors (Lipinski definition) is 2. The van der Waals surface area contributed by atoms with Crippen molar-refractivity contribution in [2.24, 2.45) is 0 Å². The predicted molar refractivity (Wildman–Crippen MR) is 75.1 cm³/mol. The van der Waals surface area contributed by atoms with Gasteiger partial charge < -0.3 is 9.67 Å². The molecule has 2 nitrogen and oxygen atoms in total. The number of hydrogen-bond donors (Lipinski definition) is 1. The lowest BCUT2D eigenvalue weighted by Gasteiger charge is -2.19. The highest BCUT2D eigenvalue weighted by molar-refractivity contribution is 7.11. The summed E-state index contributed by atoms with van der Waals surface area (Å²) < 4.78 is 2.31. The Labute approximate surface area is 112 Å². The molecule has 0 saturated carbocycles. The first-order valence-corrected chi connectivity index (χ1v) is 7.53. The van der Waals surface area contributed by atoms with Gasteiger partial charge in [-0.1, -0.05) is 6.92 Å². The number of fused-ring (bicyclic) bond motifs is 1. The van der Waals surface area contributed by atoms with Crippen LogP contribution in [0, 0.1) is 0 Å². The van der Waals surface area contributed by atoms with Crippen molar-refractivity contribution in [3.8, 4) is 0 Å². The molecule has 1 unspecified atom stereocenters. The first kappa shape index (κ1) is 12.0. The molecular weight excluding hydrogens is 242 g/mol. The predicted octanol–water partition coefficient (Wildman–Crippen LogP) is 3.53. The zero-order valence-corrected chi connectivity index (χ0v) is 11.5. The molecular formula is C15H19NOS. The van der Waals surface area contributed by atoms with Crippen molar-refractivity contribution in [2.75, 3.05) is 0 Å². The maximum atomic E-state index is 9.97. The summed E-state index contributed by atoms with van der Waals surface area (Å²) in [5.74, 6) is 0. The Balaban J connectivity index is 1.85. The molecule has 0 aromatic carbocycles. The van der Waals surface area contributed by atoms with Crippen molar-refractivity contribution in [2.45, 2.75) is 45.3 Å². The smallest absolute Gasteiger partial charge is 0.0807 e. The summed E-state index contributed by atoms with van der Waals surface area (Å²) in [4.78, 5) is 2.86. The van der Waals surface area contributed by atoms with E-state index in [4.69, 9.17) is 0 Å². The fourth-order valence-corrected chi connectivity index (χ4v) is 3.70. The second kappa shape index (κ2) is 4.90. The lowest BCUT2D eigenvalue weighted by Crippen LogP contribution is -2.12. The molecule has 96 valence electrons. The number of aliphatic hydroxyl groups is 1. The minimum atomic E-state index is -0.246. The van der Waals surface area contributed by atoms with Gasteiger partial charge in [-0.15, -0.1) is 11.3 Å². The van der Waals surface area contributed by atoms with Gasteiger partial charge in [0.05, 0.1) is 12.6 Å². The van der Waals surface area contributed by atoms with Gasteiger partial charge in [-0.05, 0) is 43.9 Å². The van der Waals surface area contributed by atoms with Crippen LogP contribution >= 0.6 is 11.3 Å². The minimum absolute atomic E-state index is 0.246. The van der Waals surface area contributed by atoms with Crippen LogP contribution in [0.15, 0.2) is 24.4 Å². The lowest BCUT2D eigenvalue weighted by atomic mass is 9.95. The molecule has 1 aliphatic rings. The summed E-state index contributed by atoms with van der Waals surface area (Å²) in [7, 11) is 0. The number of aromatic nitrogens is 1. The number of aryl methyl sites for hydroxylation is 1. The van der Waals surface area contributed by atoms with Crippen molar-refractivity contribution < 1.29 is 5.11 Å². The van der Waals surface area contributed by atoms with E-state index in [0.29, 0.717) is 0 Å². The Morgan fingerprint density at radius 3 is 2.94 bits per heavy atom. The average Bonchev–Trinajstić information content (AvgIpc) is 2.98. The molecule has 0 amide bonds. The van der Waals surface area contributed by atoms with Crippen molar-refractivity contribution in [1.29, 1.82) is 0 Å². The normalized spacial score (nSPS) is 18.9. The van der Waals surface area contributed by atoms with Gasteiger partial charge in [0.25, 0.3) is 0 Å². The Kier molecular flexibility index (Phi) is 3.27. The van der Waals surface area contributed by atoms with Gasteiger partial charge in [0.2, 0.25) is 0 Å². The maximum Gasteiger partial charge on any atom is 0.0807 e. The zero-order valence-electron chi connectivity index (χ0n) is 10.7. The average molecular weight is 261 g/mol. The van der Waals surface area contributed by atoms with Crippen LogP contribution in [0.1, 0.15) is 46.9 Å². The monoisotopic (exact) mass is 261 g/mol. The molecule has 2 heterocycles.